The molecular formula is C12H21N3OS. The molecule has 2 atom stereocenters. The average molecular weight is 255 g/mol. The summed E-state index contributed by atoms with van der Waals surface area (Å²) >= 11 is 1.97. The van der Waals surface area contributed by atoms with Crippen LogP contribution >= 0.6 is 11.8 Å². The van der Waals surface area contributed by atoms with Crippen LogP contribution in [0, 0.1) is 0 Å². The SMILES string of the molecule is CCNC(c1nccn1CC)C1CSCCO1. The van der Waals surface area contributed by atoms with Crippen LogP contribution < -0.4 is 5.32 Å². The van der Waals surface area contributed by atoms with Gasteiger partial charge in [-0.05, 0) is 13.5 Å². The Bertz CT molecular complexity index is 336. The van der Waals surface area contributed by atoms with Crippen LogP contribution in [0.15, 0.2) is 12.4 Å². The van der Waals surface area contributed by atoms with E-state index >= 15 is 0 Å². The maximum atomic E-state index is 5.88. The molecule has 5 heteroatoms. The van der Waals surface area contributed by atoms with E-state index in [1.54, 1.807) is 0 Å². The molecule has 17 heavy (non-hydrogen) atoms. The van der Waals surface area contributed by atoms with Gasteiger partial charge < -0.3 is 14.6 Å². The first-order valence-electron chi connectivity index (χ1n) is 6.30. The van der Waals surface area contributed by atoms with Crippen LogP contribution in [0.5, 0.6) is 0 Å². The fourth-order valence-electron chi connectivity index (χ4n) is 2.17. The lowest BCUT2D eigenvalue weighted by molar-refractivity contribution is 0.0440. The molecule has 1 aromatic heterocycles. The largest absolute Gasteiger partial charge is 0.374 e. The number of rotatable bonds is 5. The van der Waals surface area contributed by atoms with Crippen molar-refractivity contribution in [1.29, 1.82) is 0 Å². The Morgan fingerprint density at radius 3 is 3.18 bits per heavy atom. The Morgan fingerprint density at radius 1 is 1.65 bits per heavy atom. The molecule has 1 aromatic rings. The van der Waals surface area contributed by atoms with Gasteiger partial charge in [0.05, 0.1) is 18.8 Å². The number of imidazole rings is 1. The van der Waals surface area contributed by atoms with Crippen LogP contribution in [0.4, 0.5) is 0 Å². The highest BCUT2D eigenvalue weighted by Gasteiger charge is 2.28. The highest BCUT2D eigenvalue weighted by molar-refractivity contribution is 7.99. The van der Waals surface area contributed by atoms with Gasteiger partial charge in [-0.15, -0.1) is 0 Å². The molecule has 1 aliphatic rings. The molecule has 2 rings (SSSR count). The fourth-order valence-corrected chi connectivity index (χ4v) is 3.08. The van der Waals surface area contributed by atoms with Crippen molar-refractivity contribution in [3.05, 3.63) is 18.2 Å². The topological polar surface area (TPSA) is 39.1 Å². The molecule has 96 valence electrons. The number of aryl methyl sites for hydroxylation is 1. The van der Waals surface area contributed by atoms with Crippen molar-refractivity contribution in [2.45, 2.75) is 32.5 Å². The highest BCUT2D eigenvalue weighted by atomic mass is 32.2. The number of nitrogens with zero attached hydrogens (tertiary/aromatic N) is 2. The van der Waals surface area contributed by atoms with Crippen molar-refractivity contribution in [1.82, 2.24) is 14.9 Å². The average Bonchev–Trinajstić information content (AvgIpc) is 2.85. The summed E-state index contributed by atoms with van der Waals surface area (Å²) in [5.74, 6) is 3.26. The number of hydrogen-bond acceptors (Lipinski definition) is 4. The molecule has 1 N–H and O–H groups in total. The van der Waals surface area contributed by atoms with E-state index in [0.717, 1.165) is 37.0 Å². The third kappa shape index (κ3) is 3.03. The Hall–Kier alpha value is -0.520. The number of ether oxygens (including phenoxy) is 1. The zero-order valence-corrected chi connectivity index (χ0v) is 11.4. The zero-order valence-electron chi connectivity index (χ0n) is 10.6. The molecule has 1 aliphatic heterocycles. The second-order valence-corrected chi connectivity index (χ2v) is 5.24. The van der Waals surface area contributed by atoms with E-state index in [2.05, 4.69) is 28.7 Å². The molecule has 4 nitrogen and oxygen atoms in total. The zero-order chi connectivity index (χ0) is 12.1. The van der Waals surface area contributed by atoms with Gasteiger partial charge in [0.2, 0.25) is 0 Å². The third-order valence-electron chi connectivity index (χ3n) is 3.00. The standard InChI is InChI=1S/C12H21N3OS/c1-3-13-11(10-9-17-8-7-16-10)12-14-5-6-15(12)4-2/h5-6,10-11,13H,3-4,7-9H2,1-2H3. The minimum absolute atomic E-state index is 0.211. The summed E-state index contributed by atoms with van der Waals surface area (Å²) in [4.78, 5) is 4.49. The van der Waals surface area contributed by atoms with E-state index < -0.39 is 0 Å². The van der Waals surface area contributed by atoms with Crippen molar-refractivity contribution >= 4 is 11.8 Å². The number of likely N-dealkylation sites (N-methyl/N-ethyl adjacent to an activating group) is 1. The molecule has 0 radical (unpaired) electrons. The lowest BCUT2D eigenvalue weighted by atomic mass is 10.1. The lowest BCUT2D eigenvalue weighted by Crippen LogP contribution is -2.39. The normalized spacial score (nSPS) is 22.6. The van der Waals surface area contributed by atoms with Crippen LogP contribution in [0.25, 0.3) is 0 Å². The first-order valence-corrected chi connectivity index (χ1v) is 7.46. The molecular weight excluding hydrogens is 234 g/mol. The van der Waals surface area contributed by atoms with Crippen molar-refractivity contribution in [3.63, 3.8) is 0 Å². The van der Waals surface area contributed by atoms with E-state index in [9.17, 15) is 0 Å². The Kier molecular flexibility index (Phi) is 4.88. The first-order chi connectivity index (χ1) is 8.36. The molecule has 0 bridgehead atoms. The van der Waals surface area contributed by atoms with Crippen LogP contribution in [-0.4, -0.2) is 40.3 Å². The minimum Gasteiger partial charge on any atom is -0.374 e. The first kappa shape index (κ1) is 12.9. The summed E-state index contributed by atoms with van der Waals surface area (Å²) in [6.45, 7) is 7.01. The van der Waals surface area contributed by atoms with E-state index in [0.29, 0.717) is 0 Å². The van der Waals surface area contributed by atoms with Gasteiger partial charge in [-0.2, -0.15) is 11.8 Å². The van der Waals surface area contributed by atoms with Gasteiger partial charge in [0, 0.05) is 30.4 Å². The summed E-state index contributed by atoms with van der Waals surface area (Å²) in [6.07, 6.45) is 4.15. The molecule has 0 saturated carbocycles. The monoisotopic (exact) mass is 255 g/mol. The Morgan fingerprint density at radius 2 is 2.53 bits per heavy atom. The van der Waals surface area contributed by atoms with Crippen molar-refractivity contribution in [2.75, 3.05) is 24.7 Å². The van der Waals surface area contributed by atoms with E-state index in [4.69, 9.17) is 4.74 Å². The third-order valence-corrected chi connectivity index (χ3v) is 4.02. The molecule has 0 amide bonds. The van der Waals surface area contributed by atoms with Crippen molar-refractivity contribution in [3.8, 4) is 0 Å². The van der Waals surface area contributed by atoms with E-state index in [1.165, 1.54) is 0 Å². The van der Waals surface area contributed by atoms with E-state index in [1.807, 2.05) is 24.2 Å². The maximum Gasteiger partial charge on any atom is 0.128 e. The minimum atomic E-state index is 0.211. The smallest absolute Gasteiger partial charge is 0.128 e. The van der Waals surface area contributed by atoms with Gasteiger partial charge in [0.25, 0.3) is 0 Å². The summed E-state index contributed by atoms with van der Waals surface area (Å²) in [6, 6.07) is 0.211. The predicted octanol–water partition coefficient (Wildman–Crippen LogP) is 1.69. The maximum absolute atomic E-state index is 5.88. The summed E-state index contributed by atoms with van der Waals surface area (Å²) < 4.78 is 8.07. The Labute approximate surface area is 107 Å². The fraction of sp³-hybridized carbons (Fsp3) is 0.750. The predicted molar refractivity (Wildman–Crippen MR) is 71.4 cm³/mol. The van der Waals surface area contributed by atoms with Crippen molar-refractivity contribution < 1.29 is 4.74 Å². The molecule has 2 unspecified atom stereocenters. The molecule has 1 fully saturated rings. The van der Waals surface area contributed by atoms with Crippen LogP contribution in [-0.2, 0) is 11.3 Å². The molecule has 0 aliphatic carbocycles. The molecule has 1 saturated heterocycles. The quantitative estimate of drug-likeness (QED) is 0.869. The van der Waals surface area contributed by atoms with Crippen LogP contribution in [0.3, 0.4) is 0 Å². The van der Waals surface area contributed by atoms with Gasteiger partial charge in [0.1, 0.15) is 5.82 Å². The molecule has 2 heterocycles. The van der Waals surface area contributed by atoms with Gasteiger partial charge in [0.15, 0.2) is 0 Å². The van der Waals surface area contributed by atoms with Gasteiger partial charge in [-0.25, -0.2) is 4.98 Å². The van der Waals surface area contributed by atoms with Crippen LogP contribution in [0.2, 0.25) is 0 Å². The van der Waals surface area contributed by atoms with E-state index in [-0.39, 0.29) is 12.1 Å². The summed E-state index contributed by atoms with van der Waals surface area (Å²) in [5, 5.41) is 3.51. The number of hydrogen-bond donors (Lipinski definition) is 1. The summed E-state index contributed by atoms with van der Waals surface area (Å²) in [5.41, 5.74) is 0. The van der Waals surface area contributed by atoms with Gasteiger partial charge >= 0.3 is 0 Å². The van der Waals surface area contributed by atoms with Crippen LogP contribution in [0.1, 0.15) is 25.7 Å². The second-order valence-electron chi connectivity index (χ2n) is 4.09. The number of nitrogens with one attached hydrogen (secondary N) is 1. The second kappa shape index (κ2) is 6.42. The Balaban J connectivity index is 2.15. The lowest BCUT2D eigenvalue weighted by Gasteiger charge is -2.30. The summed E-state index contributed by atoms with van der Waals surface area (Å²) in [7, 11) is 0. The van der Waals surface area contributed by atoms with Gasteiger partial charge in [-0.3, -0.25) is 0 Å². The molecule has 0 aromatic carbocycles. The number of aromatic nitrogens is 2. The highest BCUT2D eigenvalue weighted by Crippen LogP contribution is 2.24. The number of thioether (sulfide) groups is 1. The van der Waals surface area contributed by atoms with Gasteiger partial charge in [-0.1, -0.05) is 6.92 Å². The molecule has 0 spiro atoms. The van der Waals surface area contributed by atoms with Crippen molar-refractivity contribution in [2.24, 2.45) is 0 Å².